The van der Waals surface area contributed by atoms with E-state index in [0.717, 1.165) is 12.8 Å². The molecular formula is C24H33N3O4S. The van der Waals surface area contributed by atoms with E-state index in [-0.39, 0.29) is 18.4 Å². The van der Waals surface area contributed by atoms with Crippen molar-refractivity contribution in [3.8, 4) is 5.75 Å². The van der Waals surface area contributed by atoms with Crippen LogP contribution in [0.15, 0.2) is 54.6 Å². The summed E-state index contributed by atoms with van der Waals surface area (Å²) in [6, 6.07) is 17.1. The first-order chi connectivity index (χ1) is 15.5. The number of benzene rings is 2. The second-order valence-corrected chi connectivity index (χ2v) is 9.80. The van der Waals surface area contributed by atoms with E-state index in [0.29, 0.717) is 43.9 Å². The van der Waals surface area contributed by atoms with Crippen molar-refractivity contribution in [1.82, 2.24) is 9.62 Å². The topological polar surface area (TPSA) is 79.0 Å². The van der Waals surface area contributed by atoms with Crippen LogP contribution >= 0.6 is 0 Å². The lowest BCUT2D eigenvalue weighted by atomic mass is 9.99. The first-order valence-electron chi connectivity index (χ1n) is 11.2. The summed E-state index contributed by atoms with van der Waals surface area (Å²) in [5.74, 6) is 0.277. The van der Waals surface area contributed by atoms with Crippen LogP contribution < -0.4 is 14.4 Å². The summed E-state index contributed by atoms with van der Waals surface area (Å²) in [7, 11) is -2.16. The summed E-state index contributed by atoms with van der Waals surface area (Å²) in [5.41, 5.74) is 1.83. The van der Waals surface area contributed by atoms with Crippen LogP contribution in [-0.4, -0.2) is 51.9 Å². The van der Waals surface area contributed by atoms with Crippen molar-refractivity contribution in [2.24, 2.45) is 5.92 Å². The zero-order valence-electron chi connectivity index (χ0n) is 18.9. The number of carbonyl (C=O) groups is 1. The molecule has 0 radical (unpaired) electrons. The average molecular weight is 460 g/mol. The maximum Gasteiger partial charge on any atom is 0.304 e. The van der Waals surface area contributed by atoms with Crippen molar-refractivity contribution < 1.29 is 17.9 Å². The first-order valence-corrected chi connectivity index (χ1v) is 12.6. The summed E-state index contributed by atoms with van der Waals surface area (Å²) >= 11 is 0. The van der Waals surface area contributed by atoms with Crippen molar-refractivity contribution >= 4 is 21.8 Å². The number of hydrogen-bond donors (Lipinski definition) is 1. The monoisotopic (exact) mass is 459 g/mol. The standard InChI is InChI=1S/C24H33N3O4S/c1-3-27(22-13-15-23(31-2)16-14-22)32(29,30)26-18-8-12-21(19-26)24(28)25-17-7-11-20-9-5-4-6-10-20/h4-6,9-10,13-16,21H,3,7-8,11-12,17-19H2,1-2H3,(H,25,28). The molecule has 0 spiro atoms. The maximum absolute atomic E-state index is 13.3. The predicted octanol–water partition coefficient (Wildman–Crippen LogP) is 3.23. The van der Waals surface area contributed by atoms with Gasteiger partial charge in [-0.2, -0.15) is 12.7 Å². The molecule has 2 aromatic carbocycles. The van der Waals surface area contributed by atoms with Crippen LogP contribution in [0, 0.1) is 5.92 Å². The van der Waals surface area contributed by atoms with Gasteiger partial charge in [0.1, 0.15) is 5.75 Å². The van der Waals surface area contributed by atoms with Gasteiger partial charge in [-0.3, -0.25) is 9.10 Å². The molecule has 7 nitrogen and oxygen atoms in total. The molecule has 1 fully saturated rings. The number of nitrogens with zero attached hydrogens (tertiary/aromatic N) is 2. The highest BCUT2D eigenvalue weighted by Crippen LogP contribution is 2.26. The number of carbonyl (C=O) groups excluding carboxylic acids is 1. The minimum absolute atomic E-state index is 0.0644. The van der Waals surface area contributed by atoms with Crippen LogP contribution in [0.1, 0.15) is 31.7 Å². The van der Waals surface area contributed by atoms with Gasteiger partial charge in [0.15, 0.2) is 0 Å². The Kier molecular flexibility index (Phi) is 8.53. The van der Waals surface area contributed by atoms with Gasteiger partial charge in [0.05, 0.1) is 18.7 Å². The molecule has 1 unspecified atom stereocenters. The number of amides is 1. The van der Waals surface area contributed by atoms with E-state index in [1.807, 2.05) is 25.1 Å². The number of aryl methyl sites for hydroxylation is 1. The molecule has 174 valence electrons. The van der Waals surface area contributed by atoms with Gasteiger partial charge >= 0.3 is 10.2 Å². The summed E-state index contributed by atoms with van der Waals surface area (Å²) < 4.78 is 34.7. The quantitative estimate of drug-likeness (QED) is 0.554. The van der Waals surface area contributed by atoms with Crippen LogP contribution in [0.25, 0.3) is 0 Å². The molecule has 1 aliphatic rings. The van der Waals surface area contributed by atoms with Gasteiger partial charge in [-0.1, -0.05) is 30.3 Å². The van der Waals surface area contributed by atoms with Crippen molar-refractivity contribution in [1.29, 1.82) is 0 Å². The molecule has 0 bridgehead atoms. The van der Waals surface area contributed by atoms with Gasteiger partial charge in [0.2, 0.25) is 5.91 Å². The highest BCUT2D eigenvalue weighted by Gasteiger charge is 2.35. The second-order valence-electron chi connectivity index (χ2n) is 7.95. The molecule has 32 heavy (non-hydrogen) atoms. The summed E-state index contributed by atoms with van der Waals surface area (Å²) in [6.45, 7) is 3.33. The number of rotatable bonds is 10. The summed E-state index contributed by atoms with van der Waals surface area (Å²) in [4.78, 5) is 12.7. The van der Waals surface area contributed by atoms with Crippen LogP contribution in [0.5, 0.6) is 5.75 Å². The predicted molar refractivity (Wildman–Crippen MR) is 127 cm³/mol. The molecule has 0 aromatic heterocycles. The van der Waals surface area contributed by atoms with Crippen LogP contribution in [0.4, 0.5) is 5.69 Å². The highest BCUT2D eigenvalue weighted by atomic mass is 32.2. The number of nitrogens with one attached hydrogen (secondary N) is 1. The Morgan fingerprint density at radius 2 is 1.88 bits per heavy atom. The molecule has 1 atom stereocenters. The SMILES string of the molecule is CCN(c1ccc(OC)cc1)S(=O)(=O)N1CCCC(C(=O)NCCCc2ccccc2)C1. The van der Waals surface area contributed by atoms with Gasteiger partial charge in [-0.15, -0.1) is 0 Å². The number of methoxy groups -OCH3 is 1. The minimum Gasteiger partial charge on any atom is -0.497 e. The summed E-state index contributed by atoms with van der Waals surface area (Å²) in [6.07, 6.45) is 3.12. The molecule has 2 aromatic rings. The third kappa shape index (κ3) is 6.01. The second kappa shape index (κ2) is 11.3. The number of anilines is 1. The van der Waals surface area contributed by atoms with Gasteiger partial charge in [0, 0.05) is 26.2 Å². The lowest BCUT2D eigenvalue weighted by Crippen LogP contribution is -2.50. The van der Waals surface area contributed by atoms with Crippen LogP contribution in [-0.2, 0) is 21.4 Å². The lowest BCUT2D eigenvalue weighted by Gasteiger charge is -2.35. The largest absolute Gasteiger partial charge is 0.497 e. The van der Waals surface area contributed by atoms with Crippen molar-refractivity contribution in [3.05, 3.63) is 60.2 Å². The van der Waals surface area contributed by atoms with Crippen molar-refractivity contribution in [2.75, 3.05) is 37.6 Å². The molecule has 8 heteroatoms. The van der Waals surface area contributed by atoms with Gasteiger partial charge in [-0.05, 0) is 62.4 Å². The van der Waals surface area contributed by atoms with E-state index < -0.39 is 10.2 Å². The van der Waals surface area contributed by atoms with Gasteiger partial charge in [-0.25, -0.2) is 0 Å². The van der Waals surface area contributed by atoms with Crippen LogP contribution in [0.2, 0.25) is 0 Å². The van der Waals surface area contributed by atoms with Gasteiger partial charge < -0.3 is 10.1 Å². The van der Waals surface area contributed by atoms with Crippen molar-refractivity contribution in [2.45, 2.75) is 32.6 Å². The Morgan fingerprint density at radius 3 is 2.53 bits per heavy atom. The maximum atomic E-state index is 13.3. The molecule has 0 saturated carbocycles. The van der Waals surface area contributed by atoms with Gasteiger partial charge in [0.25, 0.3) is 0 Å². The Hall–Kier alpha value is -2.58. The van der Waals surface area contributed by atoms with E-state index in [9.17, 15) is 13.2 Å². The fourth-order valence-corrected chi connectivity index (χ4v) is 5.75. The molecule has 1 amide bonds. The lowest BCUT2D eigenvalue weighted by molar-refractivity contribution is -0.126. The molecule has 1 saturated heterocycles. The fourth-order valence-electron chi connectivity index (χ4n) is 4.03. The van der Waals surface area contributed by atoms with E-state index in [4.69, 9.17) is 4.74 Å². The van der Waals surface area contributed by atoms with Crippen LogP contribution in [0.3, 0.4) is 0 Å². The number of hydrogen-bond acceptors (Lipinski definition) is 4. The Labute approximate surface area is 191 Å². The molecular weight excluding hydrogens is 426 g/mol. The molecule has 1 aliphatic heterocycles. The van der Waals surface area contributed by atoms with E-state index in [1.165, 1.54) is 14.2 Å². The Morgan fingerprint density at radius 1 is 1.16 bits per heavy atom. The molecule has 3 rings (SSSR count). The van der Waals surface area contributed by atoms with Crippen molar-refractivity contribution in [3.63, 3.8) is 0 Å². The average Bonchev–Trinajstić information content (AvgIpc) is 2.83. The first kappa shape index (κ1) is 24.1. The van der Waals surface area contributed by atoms with E-state index in [2.05, 4.69) is 17.4 Å². The molecule has 1 heterocycles. The fraction of sp³-hybridized carbons (Fsp3) is 0.458. The highest BCUT2D eigenvalue weighted by molar-refractivity contribution is 7.90. The zero-order chi connectivity index (χ0) is 23.0. The van der Waals surface area contributed by atoms with E-state index in [1.54, 1.807) is 31.4 Å². The summed E-state index contributed by atoms with van der Waals surface area (Å²) in [5, 5.41) is 2.99. The zero-order valence-corrected chi connectivity index (χ0v) is 19.7. The number of ether oxygens (including phenoxy) is 1. The number of piperidine rings is 1. The minimum atomic E-state index is -3.73. The smallest absolute Gasteiger partial charge is 0.304 e. The van der Waals surface area contributed by atoms with E-state index >= 15 is 0 Å². The Balaban J connectivity index is 1.57. The third-order valence-corrected chi connectivity index (χ3v) is 7.80. The molecule has 1 N–H and O–H groups in total. The molecule has 0 aliphatic carbocycles. The third-order valence-electron chi connectivity index (χ3n) is 5.79. The Bertz CT molecular complexity index is 964. The normalized spacial score (nSPS) is 17.0.